The second-order valence-electron chi connectivity index (χ2n) is 3.53. The van der Waals surface area contributed by atoms with E-state index in [1.54, 1.807) is 0 Å². The number of alkyl halides is 5. The van der Waals surface area contributed by atoms with Gasteiger partial charge in [0, 0.05) is 6.20 Å². The van der Waals surface area contributed by atoms with Crippen LogP contribution in [-0.2, 0) is 6.18 Å². The third kappa shape index (κ3) is 2.34. The molecule has 96 valence electrons. The molecular weight excluding hydrogens is 255 g/mol. The van der Waals surface area contributed by atoms with E-state index in [0.717, 1.165) is 23.1 Å². The molecule has 1 aromatic heterocycles. The van der Waals surface area contributed by atoms with Crippen LogP contribution in [0.5, 0.6) is 0 Å². The van der Waals surface area contributed by atoms with Gasteiger partial charge in [0.15, 0.2) is 0 Å². The van der Waals surface area contributed by atoms with Crippen molar-refractivity contribution >= 4 is 0 Å². The number of nitrogens with zero attached hydrogens (tertiary/aromatic N) is 2. The maximum Gasteiger partial charge on any atom is 0.418 e. The van der Waals surface area contributed by atoms with Crippen LogP contribution in [0.25, 0.3) is 5.69 Å². The van der Waals surface area contributed by atoms with Crippen molar-refractivity contribution in [1.29, 1.82) is 0 Å². The molecule has 2 aromatic rings. The predicted molar refractivity (Wildman–Crippen MR) is 53.5 cm³/mol. The van der Waals surface area contributed by atoms with Crippen LogP contribution in [0.3, 0.4) is 0 Å². The molecule has 0 aliphatic carbocycles. The average Bonchev–Trinajstić information content (AvgIpc) is 2.77. The van der Waals surface area contributed by atoms with Gasteiger partial charge in [-0.3, -0.25) is 0 Å². The van der Waals surface area contributed by atoms with Crippen molar-refractivity contribution in [3.63, 3.8) is 0 Å². The van der Waals surface area contributed by atoms with Gasteiger partial charge in [0.25, 0.3) is 6.43 Å². The molecule has 0 unspecified atom stereocenters. The Balaban J connectivity index is 2.50. The van der Waals surface area contributed by atoms with E-state index in [4.69, 9.17) is 0 Å². The van der Waals surface area contributed by atoms with Crippen LogP contribution in [0.15, 0.2) is 36.7 Å². The minimum absolute atomic E-state index is 0.281. The fourth-order valence-corrected chi connectivity index (χ4v) is 1.49. The first kappa shape index (κ1) is 12.5. The zero-order valence-electron chi connectivity index (χ0n) is 8.83. The van der Waals surface area contributed by atoms with Gasteiger partial charge < -0.3 is 0 Å². The van der Waals surface area contributed by atoms with Crippen LogP contribution < -0.4 is 0 Å². The van der Waals surface area contributed by atoms with Gasteiger partial charge in [-0.25, -0.2) is 13.5 Å². The van der Waals surface area contributed by atoms with E-state index in [-0.39, 0.29) is 5.69 Å². The molecule has 0 aliphatic heterocycles. The normalized spacial score (nSPS) is 12.1. The Bertz CT molecular complexity index is 544. The molecule has 0 saturated carbocycles. The number of rotatable bonds is 2. The van der Waals surface area contributed by atoms with Gasteiger partial charge >= 0.3 is 6.18 Å². The highest BCUT2D eigenvalue weighted by Crippen LogP contribution is 2.33. The fourth-order valence-electron chi connectivity index (χ4n) is 1.49. The zero-order chi connectivity index (χ0) is 13.3. The van der Waals surface area contributed by atoms with Gasteiger partial charge in [-0.05, 0) is 12.1 Å². The molecule has 1 aromatic carbocycles. The number of para-hydroxylation sites is 1. The molecule has 0 N–H and O–H groups in total. The summed E-state index contributed by atoms with van der Waals surface area (Å²) in [5, 5.41) is 3.52. The van der Waals surface area contributed by atoms with E-state index in [2.05, 4.69) is 5.10 Å². The number of benzene rings is 1. The first-order valence-electron chi connectivity index (χ1n) is 4.89. The minimum Gasteiger partial charge on any atom is -0.240 e. The molecule has 0 radical (unpaired) electrons. The highest BCUT2D eigenvalue weighted by atomic mass is 19.4. The molecule has 0 amide bonds. The van der Waals surface area contributed by atoms with Crippen LogP contribution in [0, 0.1) is 0 Å². The smallest absolute Gasteiger partial charge is 0.240 e. The Morgan fingerprint density at radius 1 is 1.11 bits per heavy atom. The highest BCUT2D eigenvalue weighted by Gasteiger charge is 2.33. The Morgan fingerprint density at radius 2 is 1.78 bits per heavy atom. The van der Waals surface area contributed by atoms with Crippen LogP contribution in [0.4, 0.5) is 22.0 Å². The van der Waals surface area contributed by atoms with Crippen molar-refractivity contribution in [1.82, 2.24) is 9.78 Å². The average molecular weight is 262 g/mol. The SMILES string of the molecule is FC(F)c1cnn(-c2ccccc2C(F)(F)F)c1. The van der Waals surface area contributed by atoms with Crippen molar-refractivity contribution in [2.24, 2.45) is 0 Å². The minimum atomic E-state index is -4.56. The largest absolute Gasteiger partial charge is 0.418 e. The topological polar surface area (TPSA) is 17.8 Å². The predicted octanol–water partition coefficient (Wildman–Crippen LogP) is 3.83. The van der Waals surface area contributed by atoms with Crippen molar-refractivity contribution in [2.45, 2.75) is 12.6 Å². The molecule has 7 heteroatoms. The van der Waals surface area contributed by atoms with Crippen molar-refractivity contribution in [3.8, 4) is 5.69 Å². The van der Waals surface area contributed by atoms with E-state index in [0.29, 0.717) is 0 Å². The van der Waals surface area contributed by atoms with Gasteiger partial charge in [0.05, 0.1) is 23.0 Å². The molecule has 0 atom stereocenters. The lowest BCUT2D eigenvalue weighted by molar-refractivity contribution is -0.137. The van der Waals surface area contributed by atoms with Crippen molar-refractivity contribution in [3.05, 3.63) is 47.8 Å². The lowest BCUT2D eigenvalue weighted by Crippen LogP contribution is -2.10. The van der Waals surface area contributed by atoms with Gasteiger partial charge in [-0.2, -0.15) is 18.3 Å². The summed E-state index contributed by atoms with van der Waals surface area (Å²) in [7, 11) is 0. The lowest BCUT2D eigenvalue weighted by atomic mass is 10.1. The number of hydrogen-bond acceptors (Lipinski definition) is 1. The maximum absolute atomic E-state index is 12.7. The summed E-state index contributed by atoms with van der Waals surface area (Å²) in [6.45, 7) is 0. The summed E-state index contributed by atoms with van der Waals surface area (Å²) in [5.41, 5.74) is -1.63. The summed E-state index contributed by atoms with van der Waals surface area (Å²) in [6.07, 6.45) is -5.60. The second kappa shape index (κ2) is 4.40. The molecule has 0 spiro atoms. The lowest BCUT2D eigenvalue weighted by Gasteiger charge is -2.12. The Hall–Kier alpha value is -1.92. The summed E-state index contributed by atoms with van der Waals surface area (Å²) in [5.74, 6) is 0. The number of hydrogen-bond donors (Lipinski definition) is 0. The van der Waals surface area contributed by atoms with Gasteiger partial charge in [0.2, 0.25) is 0 Å². The van der Waals surface area contributed by atoms with E-state index in [9.17, 15) is 22.0 Å². The third-order valence-electron chi connectivity index (χ3n) is 2.31. The Kier molecular flexibility index (Phi) is 3.06. The summed E-state index contributed by atoms with van der Waals surface area (Å²) in [4.78, 5) is 0. The van der Waals surface area contributed by atoms with Crippen molar-refractivity contribution < 1.29 is 22.0 Å². The van der Waals surface area contributed by atoms with E-state index >= 15 is 0 Å². The molecule has 0 bridgehead atoms. The first-order valence-corrected chi connectivity index (χ1v) is 4.89. The van der Waals surface area contributed by atoms with Gasteiger partial charge in [-0.1, -0.05) is 12.1 Å². The van der Waals surface area contributed by atoms with Gasteiger partial charge in [0.1, 0.15) is 0 Å². The zero-order valence-corrected chi connectivity index (χ0v) is 8.83. The number of halogens is 5. The molecule has 2 nitrogen and oxygen atoms in total. The van der Waals surface area contributed by atoms with Crippen LogP contribution >= 0.6 is 0 Å². The van der Waals surface area contributed by atoms with E-state index < -0.39 is 23.7 Å². The Labute approximate surface area is 98.7 Å². The van der Waals surface area contributed by atoms with E-state index in [1.807, 2.05) is 0 Å². The monoisotopic (exact) mass is 262 g/mol. The first-order chi connectivity index (χ1) is 8.39. The maximum atomic E-state index is 12.7. The second-order valence-corrected chi connectivity index (χ2v) is 3.53. The third-order valence-corrected chi connectivity index (χ3v) is 2.31. The van der Waals surface area contributed by atoms with Crippen LogP contribution in [0.1, 0.15) is 17.6 Å². The molecule has 0 fully saturated rings. The standard InChI is InChI=1S/C11H7F5N2/c12-10(13)7-5-17-18(6-7)9-4-2-1-3-8(9)11(14,15)16/h1-6,10H. The van der Waals surface area contributed by atoms with Gasteiger partial charge in [-0.15, -0.1) is 0 Å². The quantitative estimate of drug-likeness (QED) is 0.752. The van der Waals surface area contributed by atoms with E-state index in [1.165, 1.54) is 18.2 Å². The molecule has 2 rings (SSSR count). The molecule has 1 heterocycles. The summed E-state index contributed by atoms with van der Waals surface area (Å²) < 4.78 is 63.6. The molecule has 0 saturated heterocycles. The fraction of sp³-hybridized carbons (Fsp3) is 0.182. The van der Waals surface area contributed by atoms with Crippen LogP contribution in [0.2, 0.25) is 0 Å². The van der Waals surface area contributed by atoms with Crippen LogP contribution in [-0.4, -0.2) is 9.78 Å². The summed E-state index contributed by atoms with van der Waals surface area (Å²) in [6, 6.07) is 4.66. The molecular formula is C11H7F5N2. The highest BCUT2D eigenvalue weighted by molar-refractivity contribution is 5.42. The summed E-state index contributed by atoms with van der Waals surface area (Å²) >= 11 is 0. The van der Waals surface area contributed by atoms with Crippen molar-refractivity contribution in [2.75, 3.05) is 0 Å². The molecule has 0 aliphatic rings. The molecule has 18 heavy (non-hydrogen) atoms. The number of aromatic nitrogens is 2. The Morgan fingerprint density at radius 3 is 2.33 bits per heavy atom.